The zero-order valence-corrected chi connectivity index (χ0v) is 24.1. The van der Waals surface area contributed by atoms with Gasteiger partial charge in [-0.3, -0.25) is 9.10 Å². The molecule has 1 aliphatic heterocycles. The van der Waals surface area contributed by atoms with Crippen LogP contribution in [0, 0.1) is 0 Å². The minimum Gasteiger partial charge on any atom is -0.495 e. The summed E-state index contributed by atoms with van der Waals surface area (Å²) in [6.45, 7) is 0.257. The summed E-state index contributed by atoms with van der Waals surface area (Å²) < 4.78 is 71.7. The molecule has 14 heteroatoms. The van der Waals surface area contributed by atoms with Crippen LogP contribution in [0.4, 0.5) is 11.4 Å². The summed E-state index contributed by atoms with van der Waals surface area (Å²) in [4.78, 5) is 13.1. The van der Waals surface area contributed by atoms with Crippen molar-refractivity contribution in [1.82, 2.24) is 4.31 Å². The molecule has 0 bridgehead atoms. The number of methoxy groups -OCH3 is 2. The third-order valence-electron chi connectivity index (χ3n) is 6.08. The van der Waals surface area contributed by atoms with E-state index in [-0.39, 0.29) is 58.2 Å². The van der Waals surface area contributed by atoms with Crippen LogP contribution in [0.2, 0.25) is 5.02 Å². The summed E-state index contributed by atoms with van der Waals surface area (Å²) >= 11 is 6.26. The third kappa shape index (κ3) is 6.34. The Balaban J connectivity index is 1.65. The molecule has 3 aromatic carbocycles. The summed E-state index contributed by atoms with van der Waals surface area (Å²) in [5.74, 6) is -0.281. The molecule has 40 heavy (non-hydrogen) atoms. The lowest BCUT2D eigenvalue weighted by Gasteiger charge is -2.27. The summed E-state index contributed by atoms with van der Waals surface area (Å²) in [6.07, 6.45) is 0. The van der Waals surface area contributed by atoms with Gasteiger partial charge in [-0.2, -0.15) is 4.31 Å². The minimum absolute atomic E-state index is 0.0296. The Bertz CT molecular complexity index is 1580. The van der Waals surface area contributed by atoms with E-state index >= 15 is 0 Å². The smallest absolute Gasteiger partial charge is 0.264 e. The van der Waals surface area contributed by atoms with Crippen LogP contribution in [0.25, 0.3) is 0 Å². The third-order valence-corrected chi connectivity index (χ3v) is 10.1. The molecule has 1 aliphatic rings. The first-order chi connectivity index (χ1) is 19.1. The van der Waals surface area contributed by atoms with Crippen LogP contribution < -0.4 is 19.1 Å². The number of hydrogen-bond donors (Lipinski definition) is 1. The monoisotopic (exact) mass is 609 g/mol. The molecule has 0 aromatic heterocycles. The Morgan fingerprint density at radius 1 is 0.950 bits per heavy atom. The Morgan fingerprint density at radius 2 is 1.60 bits per heavy atom. The van der Waals surface area contributed by atoms with Gasteiger partial charge in [0, 0.05) is 18.8 Å². The Kier molecular flexibility index (Phi) is 9.21. The van der Waals surface area contributed by atoms with Gasteiger partial charge in [0.25, 0.3) is 10.0 Å². The number of carbonyl (C=O) groups is 1. The zero-order valence-electron chi connectivity index (χ0n) is 21.7. The largest absolute Gasteiger partial charge is 0.495 e. The summed E-state index contributed by atoms with van der Waals surface area (Å²) in [5, 5.41) is 2.76. The van der Waals surface area contributed by atoms with Gasteiger partial charge in [0.2, 0.25) is 15.9 Å². The number of halogens is 1. The molecule has 11 nitrogen and oxygen atoms in total. The van der Waals surface area contributed by atoms with E-state index in [1.165, 1.54) is 67.1 Å². The fraction of sp³-hybridized carbons (Fsp3) is 0.269. The van der Waals surface area contributed by atoms with Crippen LogP contribution in [-0.2, 0) is 29.6 Å². The van der Waals surface area contributed by atoms with Crippen molar-refractivity contribution in [2.75, 3.05) is 56.7 Å². The predicted octanol–water partition coefficient (Wildman–Crippen LogP) is 3.21. The molecule has 0 spiro atoms. The van der Waals surface area contributed by atoms with Crippen molar-refractivity contribution in [3.8, 4) is 11.5 Å². The molecule has 0 atom stereocenters. The second kappa shape index (κ2) is 12.4. The van der Waals surface area contributed by atoms with Gasteiger partial charge in [0.15, 0.2) is 0 Å². The van der Waals surface area contributed by atoms with Gasteiger partial charge in [-0.25, -0.2) is 16.8 Å². The van der Waals surface area contributed by atoms with Crippen molar-refractivity contribution in [2.24, 2.45) is 0 Å². The molecule has 1 heterocycles. The predicted molar refractivity (Wildman–Crippen MR) is 150 cm³/mol. The van der Waals surface area contributed by atoms with E-state index in [0.717, 1.165) is 4.31 Å². The van der Waals surface area contributed by atoms with E-state index in [9.17, 15) is 21.6 Å². The number of nitrogens with one attached hydrogen (secondary N) is 1. The number of nitrogens with zero attached hydrogens (tertiary/aromatic N) is 2. The van der Waals surface area contributed by atoms with Gasteiger partial charge in [-0.15, -0.1) is 0 Å². The summed E-state index contributed by atoms with van der Waals surface area (Å²) in [5.41, 5.74) is 0.276. The van der Waals surface area contributed by atoms with E-state index in [1.54, 1.807) is 18.2 Å². The average Bonchev–Trinajstić information content (AvgIpc) is 2.96. The maximum Gasteiger partial charge on any atom is 0.264 e. The molecule has 0 unspecified atom stereocenters. The van der Waals surface area contributed by atoms with E-state index in [4.69, 9.17) is 25.8 Å². The number of morpholine rings is 1. The summed E-state index contributed by atoms with van der Waals surface area (Å²) in [7, 11) is -5.38. The maximum atomic E-state index is 13.6. The number of amides is 1. The highest BCUT2D eigenvalue weighted by Crippen LogP contribution is 2.33. The molecule has 1 amide bonds. The Labute approximate surface area is 238 Å². The van der Waals surface area contributed by atoms with Gasteiger partial charge in [0.05, 0.1) is 43.0 Å². The van der Waals surface area contributed by atoms with Crippen LogP contribution >= 0.6 is 11.6 Å². The number of ether oxygens (including phenoxy) is 3. The molecule has 1 saturated heterocycles. The highest BCUT2D eigenvalue weighted by atomic mass is 35.5. The lowest BCUT2D eigenvalue weighted by Crippen LogP contribution is -2.40. The van der Waals surface area contributed by atoms with Crippen LogP contribution in [-0.4, -0.2) is 74.1 Å². The quantitative estimate of drug-likeness (QED) is 0.371. The van der Waals surface area contributed by atoms with Crippen LogP contribution in [0.3, 0.4) is 0 Å². The van der Waals surface area contributed by atoms with Gasteiger partial charge < -0.3 is 19.5 Å². The molecule has 0 saturated carbocycles. The van der Waals surface area contributed by atoms with Crippen LogP contribution in [0.1, 0.15) is 0 Å². The van der Waals surface area contributed by atoms with Gasteiger partial charge in [-0.05, 0) is 48.5 Å². The molecular weight excluding hydrogens is 582 g/mol. The highest BCUT2D eigenvalue weighted by molar-refractivity contribution is 7.92. The first kappa shape index (κ1) is 29.6. The van der Waals surface area contributed by atoms with Gasteiger partial charge in [0.1, 0.15) is 22.9 Å². The molecule has 0 radical (unpaired) electrons. The van der Waals surface area contributed by atoms with Crippen molar-refractivity contribution >= 4 is 48.9 Å². The fourth-order valence-corrected chi connectivity index (χ4v) is 7.33. The molecule has 0 aliphatic carbocycles. The van der Waals surface area contributed by atoms with E-state index in [1.807, 2.05) is 0 Å². The molecular formula is C26H28ClN3O8S2. The fourth-order valence-electron chi connectivity index (χ4n) is 4.06. The van der Waals surface area contributed by atoms with Gasteiger partial charge in [-0.1, -0.05) is 29.8 Å². The number of anilines is 2. The lowest BCUT2D eigenvalue weighted by atomic mass is 10.3. The molecule has 1 fully saturated rings. The maximum absolute atomic E-state index is 13.6. The van der Waals surface area contributed by atoms with Crippen LogP contribution in [0.5, 0.6) is 11.5 Å². The van der Waals surface area contributed by atoms with Crippen molar-refractivity contribution < 1.29 is 35.8 Å². The normalized spacial score (nSPS) is 14.4. The molecule has 4 rings (SSSR count). The van der Waals surface area contributed by atoms with Crippen molar-refractivity contribution in [3.63, 3.8) is 0 Å². The van der Waals surface area contributed by atoms with Crippen molar-refractivity contribution in [2.45, 2.75) is 9.79 Å². The van der Waals surface area contributed by atoms with E-state index in [2.05, 4.69) is 5.32 Å². The molecule has 1 N–H and O–H groups in total. The molecule has 214 valence electrons. The number of hydrogen-bond acceptors (Lipinski definition) is 8. The Hall–Kier alpha value is -3.36. The zero-order chi connectivity index (χ0) is 28.9. The molecule has 3 aromatic rings. The van der Waals surface area contributed by atoms with Crippen molar-refractivity contribution in [1.29, 1.82) is 0 Å². The summed E-state index contributed by atoms with van der Waals surface area (Å²) in [6, 6.07) is 16.2. The Morgan fingerprint density at radius 3 is 2.23 bits per heavy atom. The number of sulfonamides is 2. The van der Waals surface area contributed by atoms with Gasteiger partial charge >= 0.3 is 0 Å². The first-order valence-corrected chi connectivity index (χ1v) is 15.3. The minimum atomic E-state index is -4.20. The topological polar surface area (TPSA) is 132 Å². The average molecular weight is 610 g/mol. The van der Waals surface area contributed by atoms with E-state index in [0.29, 0.717) is 5.75 Å². The standard InChI is InChI=1S/C26H28ClN3O8S2/c1-36-23-11-9-20(17-22(23)27)30(39(32,33)21-6-4-3-5-7-21)18-26(31)28-19-8-10-24(37-2)25(16-19)40(34,35)29-12-14-38-15-13-29/h3-11,16-17H,12-15,18H2,1-2H3,(H,28,31). The second-order valence-corrected chi connectivity index (χ2v) is 12.7. The number of rotatable bonds is 10. The number of benzene rings is 3. The van der Waals surface area contributed by atoms with Crippen LogP contribution in [0.15, 0.2) is 76.5 Å². The SMILES string of the molecule is COc1ccc(N(CC(=O)Nc2ccc(OC)c(S(=O)(=O)N3CCOCC3)c2)S(=O)(=O)c2ccccc2)cc1Cl. The number of carbonyl (C=O) groups excluding carboxylic acids is 1. The van der Waals surface area contributed by atoms with E-state index < -0.39 is 32.5 Å². The van der Waals surface area contributed by atoms with Crippen molar-refractivity contribution in [3.05, 3.63) is 71.8 Å². The first-order valence-electron chi connectivity index (χ1n) is 12.0. The highest BCUT2D eigenvalue weighted by Gasteiger charge is 2.31. The second-order valence-electron chi connectivity index (χ2n) is 8.57. The lowest BCUT2D eigenvalue weighted by molar-refractivity contribution is -0.114.